The Labute approximate surface area is 111 Å². The molecule has 0 nitrogen and oxygen atoms in total. The van der Waals surface area contributed by atoms with Crippen molar-refractivity contribution in [3.05, 3.63) is 12.7 Å². The zero-order valence-electron chi connectivity index (χ0n) is 13.5. The largest absolute Gasteiger partial charge is 0.103 e. The molecule has 0 aromatic carbocycles. The summed E-state index contributed by atoms with van der Waals surface area (Å²) in [6.45, 7) is 18.8. The van der Waals surface area contributed by atoms with E-state index in [0.717, 1.165) is 11.8 Å². The normalized spacial score (nSPS) is 23.7. The number of hydrogen-bond acceptors (Lipinski definition) is 0. The molecule has 0 spiro atoms. The van der Waals surface area contributed by atoms with E-state index in [1.54, 1.807) is 6.08 Å². The fourth-order valence-electron chi connectivity index (χ4n) is 2.44. The smallest absolute Gasteiger partial charge is 0.0354 e. The minimum Gasteiger partial charge on any atom is -0.103 e. The Hall–Kier alpha value is -0.260. The maximum atomic E-state index is 3.36. The number of hydrogen-bond donors (Lipinski definition) is 0. The molecular formula is C17H36. The van der Waals surface area contributed by atoms with Gasteiger partial charge in [0.1, 0.15) is 0 Å². The Bertz CT molecular complexity index is 153. The molecule has 0 unspecified atom stereocenters. The molecule has 0 aliphatic heterocycles. The SMILES string of the molecule is C=CC.CC.CCC1CCC(C(C)(C)C)CC1. The van der Waals surface area contributed by atoms with Gasteiger partial charge in [-0.25, -0.2) is 0 Å². The van der Waals surface area contributed by atoms with Gasteiger partial charge in [-0.2, -0.15) is 0 Å². The number of rotatable bonds is 1. The van der Waals surface area contributed by atoms with Crippen LogP contribution >= 0.6 is 0 Å². The molecule has 0 aromatic heterocycles. The number of allylic oxidation sites excluding steroid dienone is 1. The van der Waals surface area contributed by atoms with E-state index in [1.165, 1.54) is 32.1 Å². The molecule has 0 heterocycles. The summed E-state index contributed by atoms with van der Waals surface area (Å²) in [6, 6.07) is 0. The van der Waals surface area contributed by atoms with Crippen LogP contribution in [0.25, 0.3) is 0 Å². The van der Waals surface area contributed by atoms with E-state index >= 15 is 0 Å². The first-order valence-corrected chi connectivity index (χ1v) is 7.52. The Balaban J connectivity index is 0. The van der Waals surface area contributed by atoms with Crippen LogP contribution in [0.2, 0.25) is 0 Å². The van der Waals surface area contributed by atoms with Crippen molar-refractivity contribution in [3.63, 3.8) is 0 Å². The van der Waals surface area contributed by atoms with E-state index in [2.05, 4.69) is 34.3 Å². The van der Waals surface area contributed by atoms with E-state index in [4.69, 9.17) is 0 Å². The molecule has 1 aliphatic carbocycles. The standard InChI is InChI=1S/C12H24.C3H6.C2H6/c1-5-10-6-8-11(9-7-10)12(2,3)4;1-3-2;1-2/h10-11H,5-9H2,1-4H3;3H,1H2,2H3;1-2H3. The second kappa shape index (κ2) is 10.9. The van der Waals surface area contributed by atoms with Crippen LogP contribution in [0.1, 0.15) is 80.6 Å². The molecule has 1 rings (SSSR count). The highest BCUT2D eigenvalue weighted by molar-refractivity contribution is 4.79. The van der Waals surface area contributed by atoms with Crippen molar-refractivity contribution in [3.8, 4) is 0 Å². The Morgan fingerprint density at radius 2 is 1.41 bits per heavy atom. The van der Waals surface area contributed by atoms with E-state index in [-0.39, 0.29) is 0 Å². The van der Waals surface area contributed by atoms with Gasteiger partial charge in [0.25, 0.3) is 0 Å². The highest BCUT2D eigenvalue weighted by atomic mass is 14.3. The summed E-state index contributed by atoms with van der Waals surface area (Å²) >= 11 is 0. The lowest BCUT2D eigenvalue weighted by Gasteiger charge is -2.36. The van der Waals surface area contributed by atoms with Crippen LogP contribution in [0.15, 0.2) is 12.7 Å². The maximum absolute atomic E-state index is 3.36. The van der Waals surface area contributed by atoms with Gasteiger partial charge in [0.15, 0.2) is 0 Å². The summed E-state index contributed by atoms with van der Waals surface area (Å²) in [7, 11) is 0. The van der Waals surface area contributed by atoms with Crippen molar-refractivity contribution in [2.45, 2.75) is 80.6 Å². The summed E-state index contributed by atoms with van der Waals surface area (Å²) in [6.07, 6.45) is 9.07. The van der Waals surface area contributed by atoms with Crippen LogP contribution in [0.4, 0.5) is 0 Å². The quantitative estimate of drug-likeness (QED) is 0.461. The molecule has 0 atom stereocenters. The topological polar surface area (TPSA) is 0 Å². The summed E-state index contributed by atoms with van der Waals surface area (Å²) in [5, 5.41) is 0. The Kier molecular flexibility index (Phi) is 12.2. The van der Waals surface area contributed by atoms with Crippen molar-refractivity contribution in [2.75, 3.05) is 0 Å². The van der Waals surface area contributed by atoms with Gasteiger partial charge in [0, 0.05) is 0 Å². The molecule has 0 saturated heterocycles. The fraction of sp³-hybridized carbons (Fsp3) is 0.882. The van der Waals surface area contributed by atoms with Crippen molar-refractivity contribution >= 4 is 0 Å². The van der Waals surface area contributed by atoms with E-state index in [0.29, 0.717) is 5.41 Å². The zero-order chi connectivity index (χ0) is 13.9. The first-order valence-electron chi connectivity index (χ1n) is 7.52. The lowest BCUT2D eigenvalue weighted by Crippen LogP contribution is -2.25. The van der Waals surface area contributed by atoms with E-state index < -0.39 is 0 Å². The van der Waals surface area contributed by atoms with Gasteiger partial charge in [-0.15, -0.1) is 6.58 Å². The molecule has 0 amide bonds. The van der Waals surface area contributed by atoms with Gasteiger partial charge in [0.05, 0.1) is 0 Å². The minimum absolute atomic E-state index is 0.554. The Morgan fingerprint density at radius 1 is 1.06 bits per heavy atom. The molecule has 1 saturated carbocycles. The third-order valence-electron chi connectivity index (χ3n) is 3.65. The molecule has 0 bridgehead atoms. The summed E-state index contributed by atoms with van der Waals surface area (Å²) in [5.41, 5.74) is 0.554. The molecule has 0 aromatic rings. The third-order valence-corrected chi connectivity index (χ3v) is 3.65. The monoisotopic (exact) mass is 240 g/mol. The van der Waals surface area contributed by atoms with Gasteiger partial charge in [-0.1, -0.05) is 66.9 Å². The van der Waals surface area contributed by atoms with Crippen molar-refractivity contribution in [1.82, 2.24) is 0 Å². The first-order chi connectivity index (χ1) is 7.95. The maximum Gasteiger partial charge on any atom is -0.0354 e. The predicted molar refractivity (Wildman–Crippen MR) is 82.4 cm³/mol. The lowest BCUT2D eigenvalue weighted by molar-refractivity contribution is 0.148. The lowest BCUT2D eigenvalue weighted by atomic mass is 9.69. The van der Waals surface area contributed by atoms with Gasteiger partial charge in [-0.3, -0.25) is 0 Å². The van der Waals surface area contributed by atoms with Crippen molar-refractivity contribution in [1.29, 1.82) is 0 Å². The molecule has 1 fully saturated rings. The molecule has 17 heavy (non-hydrogen) atoms. The molecular weight excluding hydrogens is 204 g/mol. The molecule has 104 valence electrons. The van der Waals surface area contributed by atoms with Gasteiger partial charge < -0.3 is 0 Å². The van der Waals surface area contributed by atoms with E-state index in [1.807, 2.05) is 20.8 Å². The van der Waals surface area contributed by atoms with Crippen molar-refractivity contribution < 1.29 is 0 Å². The second-order valence-electron chi connectivity index (χ2n) is 5.90. The van der Waals surface area contributed by atoms with E-state index in [9.17, 15) is 0 Å². The van der Waals surface area contributed by atoms with Crippen LogP contribution in [0.3, 0.4) is 0 Å². The summed E-state index contributed by atoms with van der Waals surface area (Å²) in [4.78, 5) is 0. The van der Waals surface area contributed by atoms with Gasteiger partial charge in [0.2, 0.25) is 0 Å². The Morgan fingerprint density at radius 3 is 1.65 bits per heavy atom. The van der Waals surface area contributed by atoms with Crippen LogP contribution in [0, 0.1) is 17.3 Å². The average Bonchev–Trinajstić information content (AvgIpc) is 2.32. The fourth-order valence-corrected chi connectivity index (χ4v) is 2.44. The van der Waals surface area contributed by atoms with Crippen LogP contribution in [-0.4, -0.2) is 0 Å². The molecule has 0 heteroatoms. The van der Waals surface area contributed by atoms with Gasteiger partial charge >= 0.3 is 0 Å². The third kappa shape index (κ3) is 9.44. The van der Waals surface area contributed by atoms with Crippen molar-refractivity contribution in [2.24, 2.45) is 17.3 Å². The summed E-state index contributed by atoms with van der Waals surface area (Å²) < 4.78 is 0. The predicted octanol–water partition coefficient (Wildman–Crippen LogP) is 6.47. The minimum atomic E-state index is 0.554. The van der Waals surface area contributed by atoms with Gasteiger partial charge in [-0.05, 0) is 37.0 Å². The summed E-state index contributed by atoms with van der Waals surface area (Å²) in [5.74, 6) is 2.03. The average molecular weight is 240 g/mol. The van der Waals surface area contributed by atoms with Crippen LogP contribution in [-0.2, 0) is 0 Å². The second-order valence-corrected chi connectivity index (χ2v) is 5.90. The first kappa shape index (κ1) is 19.1. The zero-order valence-corrected chi connectivity index (χ0v) is 13.5. The van der Waals surface area contributed by atoms with Crippen LogP contribution < -0.4 is 0 Å². The highest BCUT2D eigenvalue weighted by Gasteiger charge is 2.28. The van der Waals surface area contributed by atoms with Crippen LogP contribution in [0.5, 0.6) is 0 Å². The molecule has 0 radical (unpaired) electrons. The molecule has 1 aliphatic rings. The molecule has 0 N–H and O–H groups in total. The highest BCUT2D eigenvalue weighted by Crippen LogP contribution is 2.40.